The first-order valence-electron chi connectivity index (χ1n) is 35.7. The summed E-state index contributed by atoms with van der Waals surface area (Å²) in [6.07, 6.45) is 18.1. The average Bonchev–Trinajstić information content (AvgIpc) is 1.72. The van der Waals surface area contributed by atoms with Gasteiger partial charge in [0.25, 0.3) is 11.8 Å². The monoisotopic (exact) mass is 1580 g/mol. The number of fused-ring (bicyclic) bond motifs is 6. The molecule has 0 bridgehead atoms. The fourth-order valence-electron chi connectivity index (χ4n) is 10.7. The van der Waals surface area contributed by atoms with Crippen LogP contribution in [0.1, 0.15) is 43.0 Å². The van der Waals surface area contributed by atoms with Crippen molar-refractivity contribution in [1.29, 1.82) is 0 Å². The van der Waals surface area contributed by atoms with E-state index >= 15 is 0 Å². The van der Waals surface area contributed by atoms with Gasteiger partial charge < -0.3 is 75.4 Å². The first-order valence-corrected chi connectivity index (χ1v) is 35.7. The van der Waals surface area contributed by atoms with Crippen LogP contribution in [-0.4, -0.2) is 175 Å². The molecule has 590 valence electrons. The summed E-state index contributed by atoms with van der Waals surface area (Å²) in [6.45, 7) is 3.74. The van der Waals surface area contributed by atoms with Crippen LogP contribution in [0.3, 0.4) is 0 Å². The third kappa shape index (κ3) is 21.5. The number of hydrogen-bond acceptors (Lipinski definition) is 31. The third-order valence-corrected chi connectivity index (χ3v) is 16.4. The second kappa shape index (κ2) is 39.7. The van der Waals surface area contributed by atoms with Crippen LogP contribution in [0.4, 0.5) is 40.9 Å². The van der Waals surface area contributed by atoms with Crippen LogP contribution in [0.2, 0.25) is 0 Å². The van der Waals surface area contributed by atoms with E-state index in [-0.39, 0.29) is 29.7 Å². The fraction of sp³-hybridized carbons (Fsp3) is 0.101. The summed E-state index contributed by atoms with van der Waals surface area (Å²) in [5, 5.41) is 11.7. The molecule has 13 heterocycles. The van der Waals surface area contributed by atoms with Crippen molar-refractivity contribution in [3.63, 3.8) is 0 Å². The average molecular weight is 1580 g/mol. The molecule has 12 N–H and O–H groups in total. The Balaban J connectivity index is 0.000000121. The highest BCUT2D eigenvalue weighted by atomic mass is 16.5. The number of imidazole rings is 6. The molecule has 39 nitrogen and oxygen atoms in total. The normalized spacial score (nSPS) is 10.4. The summed E-state index contributed by atoms with van der Waals surface area (Å²) in [5.74, 6) is 3.97. The zero-order valence-electron chi connectivity index (χ0n) is 63.6. The third-order valence-electron chi connectivity index (χ3n) is 16.4. The molecule has 0 aliphatic rings. The van der Waals surface area contributed by atoms with E-state index in [0.29, 0.717) is 98.4 Å². The Labute approximate surface area is 669 Å². The van der Waals surface area contributed by atoms with E-state index in [2.05, 4.69) is 187 Å². The van der Waals surface area contributed by atoms with Crippen molar-refractivity contribution in [3.05, 3.63) is 279 Å². The van der Waals surface area contributed by atoms with Gasteiger partial charge in [0.05, 0.1) is 52.2 Å². The lowest BCUT2D eigenvalue weighted by Gasteiger charge is -2.10. The van der Waals surface area contributed by atoms with Gasteiger partial charge in [0.2, 0.25) is 23.7 Å². The van der Waals surface area contributed by atoms with E-state index in [4.69, 9.17) is 24.7 Å². The van der Waals surface area contributed by atoms with Crippen LogP contribution < -0.4 is 50.8 Å². The number of aryl methyl sites for hydroxylation is 1. The second-order valence-corrected chi connectivity index (χ2v) is 24.6. The number of para-hydroxylation sites is 1. The number of amides is 2. The lowest BCUT2D eigenvalue weighted by Crippen LogP contribution is -2.15. The first-order chi connectivity index (χ1) is 57.9. The molecule has 118 heavy (non-hydrogen) atoms. The number of aromatic nitrogens is 27. The van der Waals surface area contributed by atoms with Crippen LogP contribution in [0.15, 0.2) is 246 Å². The molecule has 0 radical (unpaired) electrons. The number of H-pyrrole nitrogens is 6. The minimum Gasteiger partial charge on any atom is -0.497 e. The summed E-state index contributed by atoms with van der Waals surface area (Å²) in [7, 11) is 6.87. The van der Waals surface area contributed by atoms with Crippen molar-refractivity contribution >= 4 is 120 Å². The van der Waals surface area contributed by atoms with Gasteiger partial charge in [-0.05, 0) is 72.1 Å². The largest absolute Gasteiger partial charge is 0.497 e. The predicted molar refractivity (Wildman–Crippen MR) is 440 cm³/mol. The van der Waals surface area contributed by atoms with Crippen LogP contribution in [0, 0.1) is 6.92 Å². The van der Waals surface area contributed by atoms with E-state index in [0.717, 1.165) is 57.1 Å². The smallest absolute Gasteiger partial charge is 0.322 e. The molecule has 0 saturated carbocycles. The number of benzene rings is 6. The summed E-state index contributed by atoms with van der Waals surface area (Å²) in [6, 6.07) is 53.4. The number of carbonyl (C=O) groups is 2. The number of aromatic amines is 6. The molecule has 39 heteroatoms. The Morgan fingerprint density at radius 3 is 1.40 bits per heavy atom. The number of methoxy groups -OCH3 is 2. The number of nitrogens with one attached hydrogen (secondary N) is 10. The van der Waals surface area contributed by atoms with Crippen LogP contribution in [0.5, 0.6) is 23.5 Å². The molecule has 19 rings (SSSR count). The molecule has 0 aliphatic heterocycles. The molecular weight excluding hydrogens is 1510 g/mol. The Kier molecular flexibility index (Phi) is 26.6. The first kappa shape index (κ1) is 79.1. The van der Waals surface area contributed by atoms with Gasteiger partial charge in [-0.1, -0.05) is 127 Å². The van der Waals surface area contributed by atoms with E-state index in [9.17, 15) is 9.59 Å². The van der Waals surface area contributed by atoms with Crippen molar-refractivity contribution in [2.75, 3.05) is 60.2 Å². The Hall–Kier alpha value is -17.0. The maximum atomic E-state index is 12.4. The van der Waals surface area contributed by atoms with Gasteiger partial charge in [0.15, 0.2) is 57.2 Å². The Bertz CT molecular complexity index is 6260. The van der Waals surface area contributed by atoms with Gasteiger partial charge in [-0.3, -0.25) is 14.9 Å². The molecule has 0 saturated heterocycles. The van der Waals surface area contributed by atoms with Gasteiger partial charge in [-0.25, -0.2) is 79.7 Å². The van der Waals surface area contributed by atoms with E-state index in [1.54, 1.807) is 81.0 Å². The number of hydrogen-bond donors (Lipinski definition) is 11. The standard InChI is InChI=1S/C18H17N5O3.C13H12N4O.C12H9N5O.C12H11N5.C12H10N4O.C7H9N5.C5H5N5/c1-25-14-10-8-12(9-11-14)15(24)20-17-21-16(22-18(23-17)26-2)19-13-6-4-3-5-7-13;1-9-3-2-4-10(5-9)6-18-13-11-12(15-7-14-11)16-8-17-13;18-12(8-4-2-1-3-5-8)17-11-9-10(14-6-13-9)15-7-16-11;1-2-4-9(5-3-1)6-13-11-10-12(15-7-14-10)17-8-16-11;1-2-4-9(5-3-1)6-17-12-10-11(14-7-13-10)15-8-16-12;1-12(2)7-5-6(9-3-8-5)10-4-11-7;6-4-3-5(9-1-7-3)10-2-8-4/h3-11H,1-2H3,(H2,19,20,21,22,23,24);2-5,7-8H,6H2,1H3,(H,14,15,16,17);1-7H,(H2,13,14,15,16,17,18);1-5,7-8H,6H2,(H2,13,14,15,16,17);1-5,7-8H,6H2,(H,13,14,15,16);3-4H,1-2H3,(H,8,9,10,11);1-2H,(H3,6,7,8,9,10). The molecule has 19 aromatic rings. The molecule has 0 fully saturated rings. The van der Waals surface area contributed by atoms with Crippen molar-refractivity contribution in [1.82, 2.24) is 135 Å². The topological polar surface area (TPSA) is 514 Å². The van der Waals surface area contributed by atoms with E-state index < -0.39 is 0 Å². The number of nitrogens with zero attached hydrogens (tertiary/aromatic N) is 22. The van der Waals surface area contributed by atoms with E-state index in [1.165, 1.54) is 68.9 Å². The van der Waals surface area contributed by atoms with Crippen molar-refractivity contribution in [3.8, 4) is 23.5 Å². The molecule has 0 spiro atoms. The van der Waals surface area contributed by atoms with Crippen molar-refractivity contribution in [2.45, 2.75) is 26.7 Å². The molecular formula is C79H73N33O6. The van der Waals surface area contributed by atoms with Crippen LogP contribution >= 0.6 is 0 Å². The number of ether oxygens (including phenoxy) is 4. The highest BCUT2D eigenvalue weighted by Crippen LogP contribution is 2.24. The van der Waals surface area contributed by atoms with Crippen LogP contribution in [-0.2, 0) is 19.8 Å². The molecule has 0 atom stereocenters. The quantitative estimate of drug-likeness (QED) is 0.0380. The lowest BCUT2D eigenvalue weighted by atomic mass is 10.1. The molecule has 0 unspecified atom stereocenters. The number of rotatable bonds is 18. The van der Waals surface area contributed by atoms with Gasteiger partial charge in [0, 0.05) is 37.5 Å². The second-order valence-electron chi connectivity index (χ2n) is 24.6. The maximum Gasteiger partial charge on any atom is 0.322 e. The van der Waals surface area contributed by atoms with Gasteiger partial charge in [-0.15, -0.1) is 0 Å². The maximum absolute atomic E-state index is 12.4. The molecule has 0 aliphatic carbocycles. The van der Waals surface area contributed by atoms with Gasteiger partial charge in [-0.2, -0.15) is 24.9 Å². The highest BCUT2D eigenvalue weighted by molar-refractivity contribution is 6.06. The summed E-state index contributed by atoms with van der Waals surface area (Å²) in [4.78, 5) is 129. The molecule has 6 aromatic carbocycles. The highest BCUT2D eigenvalue weighted by Gasteiger charge is 2.16. The van der Waals surface area contributed by atoms with Crippen molar-refractivity contribution in [2.24, 2.45) is 0 Å². The fourth-order valence-corrected chi connectivity index (χ4v) is 10.7. The number of anilines is 7. The molecule has 2 amide bonds. The van der Waals surface area contributed by atoms with Crippen LogP contribution in [0.25, 0.3) is 67.0 Å². The minimum absolute atomic E-state index is 0.0797. The lowest BCUT2D eigenvalue weighted by molar-refractivity contribution is 0.101. The van der Waals surface area contributed by atoms with Gasteiger partial charge in [0.1, 0.15) is 90.0 Å². The summed E-state index contributed by atoms with van der Waals surface area (Å²) < 4.78 is 21.5. The SMILES string of the molecule is CN(C)c1ncnc2nc[nH]c12.COc1ccc(C(=O)Nc2nc(Nc3ccccc3)nc(OC)n2)cc1.Cc1cccc(COc2ncnc3nc[nH]c23)c1.Nc1ncnc2nc[nH]c12.O=C(Nc1ncnc2nc[nH]c12)c1ccccc1.c1ccc(CNc2ncnc3nc[nH]c23)cc1.c1ccc(COc2ncnc3nc[nH]c23)cc1. The number of nitrogen functional groups attached to an aromatic ring is 1. The minimum atomic E-state index is -0.355. The number of nitrogens with two attached hydrogens (primary N) is 1. The molecule has 13 aromatic heterocycles. The Morgan fingerprint density at radius 1 is 0.398 bits per heavy atom. The number of carbonyl (C=O) groups excluding carboxylic acids is 2. The van der Waals surface area contributed by atoms with E-state index in [1.807, 2.05) is 116 Å². The van der Waals surface area contributed by atoms with Crippen molar-refractivity contribution < 1.29 is 28.5 Å². The Morgan fingerprint density at radius 2 is 0.839 bits per heavy atom. The predicted octanol–water partition coefficient (Wildman–Crippen LogP) is 11.0. The zero-order valence-corrected chi connectivity index (χ0v) is 63.6. The zero-order chi connectivity index (χ0) is 81.6. The summed E-state index contributed by atoms with van der Waals surface area (Å²) in [5.41, 5.74) is 20.1. The van der Waals surface area contributed by atoms with Gasteiger partial charge >= 0.3 is 6.01 Å². The summed E-state index contributed by atoms with van der Waals surface area (Å²) >= 11 is 0.